The summed E-state index contributed by atoms with van der Waals surface area (Å²) < 4.78 is 10.5. The van der Waals surface area contributed by atoms with Crippen LogP contribution in [-0.2, 0) is 11.3 Å². The number of hydrogen-bond donors (Lipinski definition) is 1. The molecule has 0 amide bonds. The van der Waals surface area contributed by atoms with Gasteiger partial charge in [-0.1, -0.05) is 13.8 Å². The summed E-state index contributed by atoms with van der Waals surface area (Å²) in [5.74, 6) is 1.27. The third kappa shape index (κ3) is 4.55. The van der Waals surface area contributed by atoms with E-state index in [1.165, 1.54) is 0 Å². The van der Waals surface area contributed by atoms with Crippen molar-refractivity contribution in [3.8, 4) is 11.8 Å². The molecule has 0 saturated heterocycles. The third-order valence-electron chi connectivity index (χ3n) is 3.12. The zero-order valence-electron chi connectivity index (χ0n) is 12.1. The SMILES string of the molecule is COCC(NCc1cc(C#N)ccc1OC)C(C)C. The van der Waals surface area contributed by atoms with Gasteiger partial charge in [0.05, 0.1) is 25.3 Å². The molecule has 1 aromatic rings. The van der Waals surface area contributed by atoms with Gasteiger partial charge in [-0.2, -0.15) is 5.26 Å². The summed E-state index contributed by atoms with van der Waals surface area (Å²) in [5.41, 5.74) is 1.63. The molecule has 0 aliphatic carbocycles. The Morgan fingerprint density at radius 3 is 2.58 bits per heavy atom. The molecule has 0 aliphatic rings. The minimum atomic E-state index is 0.278. The number of rotatable bonds is 7. The first-order valence-electron chi connectivity index (χ1n) is 6.41. The maximum absolute atomic E-state index is 8.94. The summed E-state index contributed by atoms with van der Waals surface area (Å²) in [7, 11) is 3.34. The van der Waals surface area contributed by atoms with Crippen LogP contribution in [0.4, 0.5) is 0 Å². The normalized spacial score (nSPS) is 12.2. The first kappa shape index (κ1) is 15.5. The molecular formula is C15H22N2O2. The van der Waals surface area contributed by atoms with Crippen molar-refractivity contribution in [2.75, 3.05) is 20.8 Å². The Morgan fingerprint density at radius 2 is 2.05 bits per heavy atom. The van der Waals surface area contributed by atoms with Crippen molar-refractivity contribution in [2.45, 2.75) is 26.4 Å². The Kier molecular flexibility index (Phi) is 6.34. The zero-order chi connectivity index (χ0) is 14.3. The first-order chi connectivity index (χ1) is 9.12. The number of benzene rings is 1. The van der Waals surface area contributed by atoms with E-state index in [1.54, 1.807) is 20.3 Å². The van der Waals surface area contributed by atoms with E-state index >= 15 is 0 Å². The molecule has 0 fully saturated rings. The monoisotopic (exact) mass is 262 g/mol. The molecule has 0 spiro atoms. The number of methoxy groups -OCH3 is 2. The largest absolute Gasteiger partial charge is 0.496 e. The molecule has 1 N–H and O–H groups in total. The van der Waals surface area contributed by atoms with Crippen molar-refractivity contribution in [2.24, 2.45) is 5.92 Å². The van der Waals surface area contributed by atoms with Gasteiger partial charge in [-0.3, -0.25) is 0 Å². The quantitative estimate of drug-likeness (QED) is 0.819. The van der Waals surface area contributed by atoms with E-state index in [-0.39, 0.29) is 6.04 Å². The molecule has 0 bridgehead atoms. The van der Waals surface area contributed by atoms with Crippen molar-refractivity contribution >= 4 is 0 Å². The van der Waals surface area contributed by atoms with Gasteiger partial charge in [0, 0.05) is 25.3 Å². The fourth-order valence-corrected chi connectivity index (χ4v) is 1.89. The van der Waals surface area contributed by atoms with Crippen LogP contribution in [0.3, 0.4) is 0 Å². The first-order valence-corrected chi connectivity index (χ1v) is 6.41. The predicted octanol–water partition coefficient (Wildman–Crippen LogP) is 2.33. The molecule has 1 unspecified atom stereocenters. The second-order valence-electron chi connectivity index (χ2n) is 4.83. The summed E-state index contributed by atoms with van der Waals surface area (Å²) >= 11 is 0. The highest BCUT2D eigenvalue weighted by Crippen LogP contribution is 2.20. The summed E-state index contributed by atoms with van der Waals surface area (Å²) in [6, 6.07) is 7.87. The molecule has 0 aromatic heterocycles. The lowest BCUT2D eigenvalue weighted by Crippen LogP contribution is -2.37. The molecule has 19 heavy (non-hydrogen) atoms. The van der Waals surface area contributed by atoms with Gasteiger partial charge in [-0.05, 0) is 24.1 Å². The zero-order valence-corrected chi connectivity index (χ0v) is 12.1. The Bertz CT molecular complexity index is 438. The number of nitrogens with zero attached hydrogens (tertiary/aromatic N) is 1. The van der Waals surface area contributed by atoms with Crippen molar-refractivity contribution in [3.05, 3.63) is 29.3 Å². The number of hydrogen-bond acceptors (Lipinski definition) is 4. The molecule has 1 aromatic carbocycles. The van der Waals surface area contributed by atoms with E-state index < -0.39 is 0 Å². The van der Waals surface area contributed by atoms with Gasteiger partial charge in [0.15, 0.2) is 0 Å². The van der Waals surface area contributed by atoms with E-state index in [4.69, 9.17) is 14.7 Å². The summed E-state index contributed by atoms with van der Waals surface area (Å²) in [4.78, 5) is 0. The average Bonchev–Trinajstić information content (AvgIpc) is 2.42. The van der Waals surface area contributed by atoms with Crippen LogP contribution in [0.25, 0.3) is 0 Å². The molecule has 1 rings (SSSR count). The van der Waals surface area contributed by atoms with E-state index in [0.717, 1.165) is 11.3 Å². The number of nitriles is 1. The fourth-order valence-electron chi connectivity index (χ4n) is 1.89. The topological polar surface area (TPSA) is 54.3 Å². The Labute approximate surface area is 115 Å². The molecular weight excluding hydrogens is 240 g/mol. The molecule has 4 heteroatoms. The van der Waals surface area contributed by atoms with Crippen LogP contribution in [0.5, 0.6) is 5.75 Å². The highest BCUT2D eigenvalue weighted by Gasteiger charge is 2.13. The van der Waals surface area contributed by atoms with E-state index in [2.05, 4.69) is 25.2 Å². The number of ether oxygens (including phenoxy) is 2. The van der Waals surface area contributed by atoms with Gasteiger partial charge in [-0.25, -0.2) is 0 Å². The van der Waals surface area contributed by atoms with Crippen molar-refractivity contribution < 1.29 is 9.47 Å². The number of nitrogens with one attached hydrogen (secondary N) is 1. The molecule has 0 aliphatic heterocycles. The average molecular weight is 262 g/mol. The van der Waals surface area contributed by atoms with Crippen LogP contribution in [0.2, 0.25) is 0 Å². The summed E-state index contributed by atoms with van der Waals surface area (Å²) in [6.45, 7) is 5.63. The molecule has 0 radical (unpaired) electrons. The molecule has 104 valence electrons. The smallest absolute Gasteiger partial charge is 0.123 e. The predicted molar refractivity (Wildman–Crippen MR) is 75.1 cm³/mol. The van der Waals surface area contributed by atoms with E-state index in [0.29, 0.717) is 24.6 Å². The van der Waals surface area contributed by atoms with Crippen LogP contribution in [0, 0.1) is 17.2 Å². The van der Waals surface area contributed by atoms with E-state index in [1.807, 2.05) is 12.1 Å². The summed E-state index contributed by atoms with van der Waals surface area (Å²) in [6.07, 6.45) is 0. The van der Waals surface area contributed by atoms with Crippen molar-refractivity contribution in [1.29, 1.82) is 5.26 Å². The lowest BCUT2D eigenvalue weighted by Gasteiger charge is -2.22. The Hall–Kier alpha value is -1.57. The summed E-state index contributed by atoms with van der Waals surface area (Å²) in [5, 5.41) is 12.4. The molecule has 1 atom stereocenters. The van der Waals surface area contributed by atoms with Gasteiger partial charge < -0.3 is 14.8 Å². The highest BCUT2D eigenvalue weighted by molar-refractivity contribution is 5.42. The Morgan fingerprint density at radius 1 is 1.32 bits per heavy atom. The van der Waals surface area contributed by atoms with Crippen LogP contribution < -0.4 is 10.1 Å². The second kappa shape index (κ2) is 7.78. The van der Waals surface area contributed by atoms with Crippen molar-refractivity contribution in [1.82, 2.24) is 5.32 Å². The lowest BCUT2D eigenvalue weighted by atomic mass is 10.0. The van der Waals surface area contributed by atoms with Crippen LogP contribution in [0.15, 0.2) is 18.2 Å². The minimum absolute atomic E-state index is 0.278. The van der Waals surface area contributed by atoms with Gasteiger partial charge in [0.2, 0.25) is 0 Å². The van der Waals surface area contributed by atoms with Gasteiger partial charge in [-0.15, -0.1) is 0 Å². The van der Waals surface area contributed by atoms with E-state index in [9.17, 15) is 0 Å². The molecule has 0 saturated carbocycles. The van der Waals surface area contributed by atoms with Crippen LogP contribution >= 0.6 is 0 Å². The highest BCUT2D eigenvalue weighted by atomic mass is 16.5. The second-order valence-corrected chi connectivity index (χ2v) is 4.83. The maximum atomic E-state index is 8.94. The van der Waals surface area contributed by atoms with Gasteiger partial charge >= 0.3 is 0 Å². The van der Waals surface area contributed by atoms with Crippen LogP contribution in [0.1, 0.15) is 25.0 Å². The minimum Gasteiger partial charge on any atom is -0.496 e. The lowest BCUT2D eigenvalue weighted by molar-refractivity contribution is 0.146. The standard InChI is InChI=1S/C15H22N2O2/c1-11(2)14(10-18-3)17-9-13-7-12(8-16)5-6-15(13)19-4/h5-7,11,14,17H,9-10H2,1-4H3. The van der Waals surface area contributed by atoms with Crippen molar-refractivity contribution in [3.63, 3.8) is 0 Å². The fraction of sp³-hybridized carbons (Fsp3) is 0.533. The van der Waals surface area contributed by atoms with Crippen LogP contribution in [-0.4, -0.2) is 26.9 Å². The third-order valence-corrected chi connectivity index (χ3v) is 3.12. The van der Waals surface area contributed by atoms with Gasteiger partial charge in [0.25, 0.3) is 0 Å². The molecule has 0 heterocycles. The molecule has 4 nitrogen and oxygen atoms in total. The Balaban J connectivity index is 2.77. The maximum Gasteiger partial charge on any atom is 0.123 e. The van der Waals surface area contributed by atoms with Gasteiger partial charge in [0.1, 0.15) is 5.75 Å².